The van der Waals surface area contributed by atoms with Crippen LogP contribution in [0.4, 0.5) is 0 Å². The van der Waals surface area contributed by atoms with E-state index in [1.807, 2.05) is 45.5 Å². The molecule has 2 heterocycles. The number of hydrogen-bond acceptors (Lipinski definition) is 6. The number of carbonyl (C=O) groups is 1. The minimum atomic E-state index is -0.156. The highest BCUT2D eigenvalue weighted by molar-refractivity contribution is 7.07. The van der Waals surface area contributed by atoms with E-state index < -0.39 is 0 Å². The fourth-order valence-electron chi connectivity index (χ4n) is 2.99. The van der Waals surface area contributed by atoms with Crippen LogP contribution in [0.15, 0.2) is 45.6 Å². The number of thiophene rings is 1. The summed E-state index contributed by atoms with van der Waals surface area (Å²) in [5, 5.41) is 11.1. The van der Waals surface area contributed by atoms with E-state index in [0.717, 1.165) is 17.0 Å². The molecule has 0 bridgehead atoms. The molecule has 0 saturated carbocycles. The molecule has 7 heteroatoms. The van der Waals surface area contributed by atoms with Gasteiger partial charge in [-0.2, -0.15) is 11.3 Å². The summed E-state index contributed by atoms with van der Waals surface area (Å²) >= 11 is 1.65. The van der Waals surface area contributed by atoms with E-state index in [1.54, 1.807) is 23.5 Å². The fraction of sp³-hybridized carbons (Fsp3) is 0.333. The summed E-state index contributed by atoms with van der Waals surface area (Å²) in [6.45, 7) is 4.55. The third kappa shape index (κ3) is 4.61. The van der Waals surface area contributed by atoms with Gasteiger partial charge in [0.1, 0.15) is 18.1 Å². The molecule has 1 amide bonds. The van der Waals surface area contributed by atoms with Crippen molar-refractivity contribution in [1.29, 1.82) is 0 Å². The van der Waals surface area contributed by atoms with Crippen LogP contribution in [0.2, 0.25) is 0 Å². The number of amides is 1. The summed E-state index contributed by atoms with van der Waals surface area (Å²) in [6, 6.07) is 9.46. The largest absolute Gasteiger partial charge is 0.488 e. The molecule has 148 valence electrons. The number of aromatic nitrogens is 1. The second-order valence-electron chi connectivity index (χ2n) is 6.83. The molecule has 1 N–H and O–H groups in total. The first-order valence-corrected chi connectivity index (χ1v) is 10.0. The van der Waals surface area contributed by atoms with Gasteiger partial charge in [-0.15, -0.1) is 0 Å². The number of ether oxygens (including phenoxy) is 1. The Morgan fingerprint density at radius 2 is 2.07 bits per heavy atom. The molecule has 0 aliphatic heterocycles. The van der Waals surface area contributed by atoms with Crippen LogP contribution < -0.4 is 10.1 Å². The van der Waals surface area contributed by atoms with Crippen LogP contribution in [0.25, 0.3) is 0 Å². The predicted molar refractivity (Wildman–Crippen MR) is 110 cm³/mol. The van der Waals surface area contributed by atoms with Crippen LogP contribution in [0.1, 0.15) is 39.0 Å². The van der Waals surface area contributed by atoms with Gasteiger partial charge in [-0.1, -0.05) is 17.3 Å². The lowest BCUT2D eigenvalue weighted by atomic mass is 10.1. The normalized spacial score (nSPS) is 12.2. The quantitative estimate of drug-likeness (QED) is 0.621. The average molecular weight is 400 g/mol. The number of likely N-dealkylation sites (N-methyl/N-ethyl adjacent to an activating group) is 1. The molecule has 0 spiro atoms. The van der Waals surface area contributed by atoms with Gasteiger partial charge in [0.15, 0.2) is 0 Å². The number of para-hydroxylation sites is 1. The minimum absolute atomic E-state index is 0.116. The van der Waals surface area contributed by atoms with E-state index in [-0.39, 0.29) is 11.9 Å². The van der Waals surface area contributed by atoms with Gasteiger partial charge in [0, 0.05) is 6.54 Å². The maximum absolute atomic E-state index is 12.8. The lowest BCUT2D eigenvalue weighted by molar-refractivity contribution is 0.0937. The summed E-state index contributed by atoms with van der Waals surface area (Å²) in [4.78, 5) is 14.9. The maximum Gasteiger partial charge on any atom is 0.255 e. The Labute approximate surface area is 169 Å². The maximum atomic E-state index is 12.8. The Morgan fingerprint density at radius 1 is 1.29 bits per heavy atom. The molecule has 0 saturated heterocycles. The highest BCUT2D eigenvalue weighted by Crippen LogP contribution is 2.23. The zero-order valence-electron chi connectivity index (χ0n) is 16.6. The smallest absolute Gasteiger partial charge is 0.255 e. The van der Waals surface area contributed by atoms with Gasteiger partial charge in [0.05, 0.1) is 22.9 Å². The summed E-state index contributed by atoms with van der Waals surface area (Å²) in [7, 11) is 4.02. The van der Waals surface area contributed by atoms with Crippen LogP contribution in [-0.2, 0) is 6.61 Å². The van der Waals surface area contributed by atoms with Gasteiger partial charge in [-0.3, -0.25) is 4.79 Å². The van der Waals surface area contributed by atoms with Gasteiger partial charge in [0.2, 0.25) is 0 Å². The van der Waals surface area contributed by atoms with Crippen molar-refractivity contribution in [3.63, 3.8) is 0 Å². The van der Waals surface area contributed by atoms with E-state index in [2.05, 4.69) is 26.8 Å². The van der Waals surface area contributed by atoms with Crippen molar-refractivity contribution in [2.24, 2.45) is 0 Å². The third-order valence-corrected chi connectivity index (χ3v) is 5.39. The molecule has 2 aromatic heterocycles. The average Bonchev–Trinajstić information content (AvgIpc) is 3.31. The summed E-state index contributed by atoms with van der Waals surface area (Å²) in [5.41, 5.74) is 3.40. The summed E-state index contributed by atoms with van der Waals surface area (Å²) in [5.74, 6) is 1.11. The van der Waals surface area contributed by atoms with Crippen LogP contribution in [0, 0.1) is 13.8 Å². The molecule has 0 aliphatic rings. The van der Waals surface area contributed by atoms with E-state index in [4.69, 9.17) is 9.26 Å². The van der Waals surface area contributed by atoms with Gasteiger partial charge in [-0.25, -0.2) is 0 Å². The SMILES string of the molecule is Cc1noc(C)c1COc1ccccc1C(=O)NCC(c1ccsc1)N(C)C. The third-order valence-electron chi connectivity index (χ3n) is 4.69. The molecule has 0 fully saturated rings. The molecule has 0 aliphatic carbocycles. The van der Waals surface area contributed by atoms with Crippen molar-refractivity contribution in [3.05, 3.63) is 69.2 Å². The number of carbonyl (C=O) groups excluding carboxylic acids is 1. The Kier molecular flexibility index (Phi) is 6.49. The Morgan fingerprint density at radius 3 is 2.71 bits per heavy atom. The Bertz CT molecular complexity index is 899. The molecule has 1 unspecified atom stereocenters. The monoisotopic (exact) mass is 399 g/mol. The number of rotatable bonds is 8. The highest BCUT2D eigenvalue weighted by Gasteiger charge is 2.18. The first kappa shape index (κ1) is 20.1. The molecule has 6 nitrogen and oxygen atoms in total. The predicted octanol–water partition coefficient (Wildman–Crippen LogP) is 3.96. The number of benzene rings is 1. The van der Waals surface area contributed by atoms with Gasteiger partial charge in [-0.05, 0) is 62.5 Å². The molecule has 1 atom stereocenters. The lowest BCUT2D eigenvalue weighted by Gasteiger charge is -2.24. The second-order valence-corrected chi connectivity index (χ2v) is 7.61. The first-order chi connectivity index (χ1) is 13.5. The molecule has 28 heavy (non-hydrogen) atoms. The van der Waals surface area contributed by atoms with Crippen LogP contribution in [0.5, 0.6) is 5.75 Å². The number of hydrogen-bond donors (Lipinski definition) is 1. The zero-order chi connectivity index (χ0) is 20.1. The number of nitrogens with one attached hydrogen (secondary N) is 1. The lowest BCUT2D eigenvalue weighted by Crippen LogP contribution is -2.34. The van der Waals surface area contributed by atoms with Crippen LogP contribution >= 0.6 is 11.3 Å². The van der Waals surface area contributed by atoms with Crippen molar-refractivity contribution in [2.75, 3.05) is 20.6 Å². The first-order valence-electron chi connectivity index (χ1n) is 9.07. The van der Waals surface area contributed by atoms with Crippen LogP contribution in [0.3, 0.4) is 0 Å². The molecule has 1 aromatic carbocycles. The summed E-state index contributed by atoms with van der Waals surface area (Å²) < 4.78 is 11.1. The fourth-order valence-corrected chi connectivity index (χ4v) is 3.69. The number of aryl methyl sites for hydroxylation is 2. The van der Waals surface area contributed by atoms with Crippen LogP contribution in [-0.4, -0.2) is 36.6 Å². The van der Waals surface area contributed by atoms with Crippen molar-refractivity contribution in [1.82, 2.24) is 15.4 Å². The molecular weight excluding hydrogens is 374 g/mol. The van der Waals surface area contributed by atoms with E-state index >= 15 is 0 Å². The van der Waals surface area contributed by atoms with Crippen molar-refractivity contribution < 1.29 is 14.1 Å². The standard InChI is InChI=1S/C21H25N3O3S/c1-14-18(15(2)27-23-14)12-26-20-8-6-5-7-17(20)21(25)22-11-19(24(3)4)16-9-10-28-13-16/h5-10,13,19H,11-12H2,1-4H3,(H,22,25). The summed E-state index contributed by atoms with van der Waals surface area (Å²) in [6.07, 6.45) is 0. The van der Waals surface area contributed by atoms with E-state index in [0.29, 0.717) is 24.5 Å². The topological polar surface area (TPSA) is 67.6 Å². The number of nitrogens with zero attached hydrogens (tertiary/aromatic N) is 2. The van der Waals surface area contributed by atoms with Gasteiger partial charge >= 0.3 is 0 Å². The van der Waals surface area contributed by atoms with Gasteiger partial charge in [0.25, 0.3) is 5.91 Å². The zero-order valence-corrected chi connectivity index (χ0v) is 17.4. The Hall–Kier alpha value is -2.64. The molecule has 3 aromatic rings. The second kappa shape index (κ2) is 9.03. The molecule has 3 rings (SSSR count). The van der Waals surface area contributed by atoms with Gasteiger partial charge < -0.3 is 19.5 Å². The molecular formula is C21H25N3O3S. The van der Waals surface area contributed by atoms with E-state index in [1.165, 1.54) is 5.56 Å². The minimum Gasteiger partial charge on any atom is -0.488 e. The van der Waals surface area contributed by atoms with Crippen molar-refractivity contribution >= 4 is 17.2 Å². The highest BCUT2D eigenvalue weighted by atomic mass is 32.1. The van der Waals surface area contributed by atoms with Crippen molar-refractivity contribution in [2.45, 2.75) is 26.5 Å². The molecule has 0 radical (unpaired) electrons. The van der Waals surface area contributed by atoms with E-state index in [9.17, 15) is 4.79 Å². The Balaban J connectivity index is 1.68. The van der Waals surface area contributed by atoms with Crippen molar-refractivity contribution in [3.8, 4) is 5.75 Å².